The van der Waals surface area contributed by atoms with Gasteiger partial charge in [-0.3, -0.25) is 4.98 Å². The highest BCUT2D eigenvalue weighted by atomic mass is 16.6. The maximum Gasteiger partial charge on any atom is 0.408 e. The highest BCUT2D eigenvalue weighted by molar-refractivity contribution is 5.81. The maximum absolute atomic E-state index is 12.1. The molecule has 1 aromatic heterocycles. The van der Waals surface area contributed by atoms with E-state index in [2.05, 4.69) is 10.3 Å². The van der Waals surface area contributed by atoms with Gasteiger partial charge in [-0.2, -0.15) is 0 Å². The third kappa shape index (κ3) is 6.56. The molecule has 0 aliphatic carbocycles. The van der Waals surface area contributed by atoms with Crippen molar-refractivity contribution in [1.82, 2.24) is 10.3 Å². The molecule has 0 spiro atoms. The fourth-order valence-electron chi connectivity index (χ4n) is 1.66. The Morgan fingerprint density at radius 1 is 1.32 bits per heavy atom. The Morgan fingerprint density at radius 2 is 2.00 bits per heavy atom. The Kier molecular flexibility index (Phi) is 6.34. The molecule has 0 radical (unpaired) electrons. The van der Waals surface area contributed by atoms with Crippen molar-refractivity contribution in [2.24, 2.45) is 5.92 Å². The van der Waals surface area contributed by atoms with Crippen LogP contribution in [-0.2, 0) is 20.9 Å². The lowest BCUT2D eigenvalue weighted by Crippen LogP contribution is -2.47. The Hall–Kier alpha value is -2.11. The van der Waals surface area contributed by atoms with Crippen LogP contribution in [0.3, 0.4) is 0 Å². The lowest BCUT2D eigenvalue weighted by molar-refractivity contribution is -0.148. The van der Waals surface area contributed by atoms with Gasteiger partial charge in [0.05, 0.1) is 0 Å². The average Bonchev–Trinajstić information content (AvgIpc) is 2.41. The minimum absolute atomic E-state index is 0.117. The summed E-state index contributed by atoms with van der Waals surface area (Å²) in [6.45, 7) is 9.06. The van der Waals surface area contributed by atoms with Gasteiger partial charge in [-0.05, 0) is 32.8 Å². The zero-order valence-corrected chi connectivity index (χ0v) is 13.8. The highest BCUT2D eigenvalue weighted by Gasteiger charge is 2.28. The smallest absolute Gasteiger partial charge is 0.408 e. The summed E-state index contributed by atoms with van der Waals surface area (Å²) in [7, 11) is 0. The molecule has 1 rings (SSSR count). The Labute approximate surface area is 131 Å². The topological polar surface area (TPSA) is 77.5 Å². The first-order valence-corrected chi connectivity index (χ1v) is 7.24. The molecular weight excluding hydrogens is 284 g/mol. The van der Waals surface area contributed by atoms with Crippen LogP contribution in [0.2, 0.25) is 0 Å². The second-order valence-electron chi connectivity index (χ2n) is 6.34. The molecule has 0 bridgehead atoms. The number of pyridine rings is 1. The molecule has 0 fully saturated rings. The number of ether oxygens (including phenoxy) is 2. The van der Waals surface area contributed by atoms with E-state index in [1.165, 1.54) is 0 Å². The number of nitrogens with zero attached hydrogens (tertiary/aromatic N) is 1. The molecule has 1 heterocycles. The van der Waals surface area contributed by atoms with Crippen LogP contribution >= 0.6 is 0 Å². The van der Waals surface area contributed by atoms with E-state index in [1.807, 2.05) is 19.9 Å². The van der Waals surface area contributed by atoms with Gasteiger partial charge in [-0.15, -0.1) is 0 Å². The molecule has 0 aliphatic heterocycles. The molecule has 0 saturated heterocycles. The summed E-state index contributed by atoms with van der Waals surface area (Å²) in [6, 6.07) is 2.82. The van der Waals surface area contributed by atoms with Crippen LogP contribution in [-0.4, -0.2) is 28.7 Å². The number of amides is 1. The van der Waals surface area contributed by atoms with Crippen molar-refractivity contribution in [3.63, 3.8) is 0 Å². The molecule has 1 unspecified atom stereocenters. The Morgan fingerprint density at radius 3 is 2.50 bits per heavy atom. The first-order valence-electron chi connectivity index (χ1n) is 7.24. The van der Waals surface area contributed by atoms with Crippen LogP contribution in [0, 0.1) is 5.92 Å². The number of aromatic nitrogens is 1. The van der Waals surface area contributed by atoms with Gasteiger partial charge in [-0.25, -0.2) is 9.59 Å². The van der Waals surface area contributed by atoms with Crippen molar-refractivity contribution in [1.29, 1.82) is 0 Å². The Balaban J connectivity index is 2.58. The van der Waals surface area contributed by atoms with Crippen molar-refractivity contribution in [2.75, 3.05) is 0 Å². The fraction of sp³-hybridized carbons (Fsp3) is 0.562. The Bertz CT molecular complexity index is 495. The first-order chi connectivity index (χ1) is 10.2. The predicted octanol–water partition coefficient (Wildman–Crippen LogP) is 2.67. The van der Waals surface area contributed by atoms with Crippen LogP contribution in [0.1, 0.15) is 40.2 Å². The third-order valence-corrected chi connectivity index (χ3v) is 2.70. The molecule has 6 heteroatoms. The summed E-state index contributed by atoms with van der Waals surface area (Å²) >= 11 is 0. The number of alkyl carbamates (subject to hydrolysis) is 1. The van der Waals surface area contributed by atoms with Crippen LogP contribution in [0.15, 0.2) is 24.5 Å². The van der Waals surface area contributed by atoms with E-state index in [0.717, 1.165) is 5.56 Å². The molecule has 1 N–H and O–H groups in total. The molecule has 6 nitrogen and oxygen atoms in total. The van der Waals surface area contributed by atoms with E-state index in [1.54, 1.807) is 39.2 Å². The molecule has 122 valence electrons. The van der Waals surface area contributed by atoms with Crippen molar-refractivity contribution in [2.45, 2.75) is 52.9 Å². The van der Waals surface area contributed by atoms with E-state index >= 15 is 0 Å². The molecular formula is C16H24N2O4. The zero-order valence-electron chi connectivity index (χ0n) is 13.8. The average molecular weight is 308 g/mol. The van der Waals surface area contributed by atoms with Gasteiger partial charge in [-0.1, -0.05) is 19.9 Å². The van der Waals surface area contributed by atoms with Gasteiger partial charge in [0.1, 0.15) is 18.2 Å². The van der Waals surface area contributed by atoms with Gasteiger partial charge >= 0.3 is 12.1 Å². The summed E-state index contributed by atoms with van der Waals surface area (Å²) in [5, 5.41) is 2.56. The van der Waals surface area contributed by atoms with E-state index < -0.39 is 23.7 Å². The standard InChI is InChI=1S/C16H24N2O4/c1-11(2)13(18-15(20)22-16(3,4)5)14(19)21-10-12-7-6-8-17-9-12/h6-9,11,13H,10H2,1-5H3,(H,18,20). The largest absolute Gasteiger partial charge is 0.459 e. The van der Waals surface area contributed by atoms with Crippen LogP contribution in [0.5, 0.6) is 0 Å². The first kappa shape index (κ1) is 17.9. The van der Waals surface area contributed by atoms with Crippen LogP contribution < -0.4 is 5.32 Å². The van der Waals surface area contributed by atoms with E-state index in [9.17, 15) is 9.59 Å². The lowest BCUT2D eigenvalue weighted by atomic mass is 10.1. The maximum atomic E-state index is 12.1. The van der Waals surface area contributed by atoms with Crippen molar-refractivity contribution >= 4 is 12.1 Å². The van der Waals surface area contributed by atoms with Crippen LogP contribution in [0.25, 0.3) is 0 Å². The third-order valence-electron chi connectivity index (χ3n) is 2.70. The zero-order chi connectivity index (χ0) is 16.8. The normalized spacial score (nSPS) is 12.6. The number of hydrogen-bond acceptors (Lipinski definition) is 5. The summed E-state index contributed by atoms with van der Waals surface area (Å²) in [5.74, 6) is -0.612. The second kappa shape index (κ2) is 7.77. The number of carbonyl (C=O) groups is 2. The monoisotopic (exact) mass is 308 g/mol. The van der Waals surface area contributed by atoms with Crippen molar-refractivity contribution < 1.29 is 19.1 Å². The molecule has 22 heavy (non-hydrogen) atoms. The molecule has 1 aromatic rings. The molecule has 1 amide bonds. The number of rotatable bonds is 5. The summed E-state index contributed by atoms with van der Waals surface area (Å²) in [6.07, 6.45) is 2.63. The minimum Gasteiger partial charge on any atom is -0.459 e. The van der Waals surface area contributed by atoms with Gasteiger partial charge < -0.3 is 14.8 Å². The van der Waals surface area contributed by atoms with Gasteiger partial charge in [0, 0.05) is 18.0 Å². The van der Waals surface area contributed by atoms with E-state index in [-0.39, 0.29) is 12.5 Å². The van der Waals surface area contributed by atoms with Gasteiger partial charge in [0.2, 0.25) is 0 Å². The lowest BCUT2D eigenvalue weighted by Gasteiger charge is -2.24. The van der Waals surface area contributed by atoms with Crippen LogP contribution in [0.4, 0.5) is 4.79 Å². The van der Waals surface area contributed by atoms with E-state index in [0.29, 0.717) is 0 Å². The van der Waals surface area contributed by atoms with Crippen molar-refractivity contribution in [3.05, 3.63) is 30.1 Å². The molecule has 0 aromatic carbocycles. The predicted molar refractivity (Wildman–Crippen MR) is 82.0 cm³/mol. The number of esters is 1. The summed E-state index contributed by atoms with van der Waals surface area (Å²) in [5.41, 5.74) is 0.168. The number of hydrogen-bond donors (Lipinski definition) is 1. The van der Waals surface area contributed by atoms with Crippen molar-refractivity contribution in [3.8, 4) is 0 Å². The SMILES string of the molecule is CC(C)C(NC(=O)OC(C)(C)C)C(=O)OCc1cccnc1. The molecule has 0 aliphatic rings. The molecule has 1 atom stereocenters. The fourth-order valence-corrected chi connectivity index (χ4v) is 1.66. The number of nitrogens with one attached hydrogen (secondary N) is 1. The van der Waals surface area contributed by atoms with Gasteiger partial charge in [0.15, 0.2) is 0 Å². The second-order valence-corrected chi connectivity index (χ2v) is 6.34. The highest BCUT2D eigenvalue weighted by Crippen LogP contribution is 2.10. The minimum atomic E-state index is -0.758. The summed E-state index contributed by atoms with van der Waals surface area (Å²) in [4.78, 5) is 27.9. The number of carbonyl (C=O) groups excluding carboxylic acids is 2. The quantitative estimate of drug-likeness (QED) is 0.846. The summed E-state index contributed by atoms with van der Waals surface area (Å²) < 4.78 is 10.4. The van der Waals surface area contributed by atoms with Gasteiger partial charge in [0.25, 0.3) is 0 Å². The molecule has 0 saturated carbocycles. The van der Waals surface area contributed by atoms with E-state index in [4.69, 9.17) is 9.47 Å².